The molecule has 0 saturated carbocycles. The maximum atomic E-state index is 13.5. The number of amides is 1. The van der Waals surface area contributed by atoms with Crippen molar-refractivity contribution in [2.45, 2.75) is 26.3 Å². The van der Waals surface area contributed by atoms with Crippen LogP contribution >= 0.6 is 0 Å². The first-order valence-electron chi connectivity index (χ1n) is 9.45. The third kappa shape index (κ3) is 2.30. The molecule has 1 amide bonds. The van der Waals surface area contributed by atoms with E-state index in [2.05, 4.69) is 11.1 Å². The second-order valence-corrected chi connectivity index (χ2v) is 7.28. The zero-order chi connectivity index (χ0) is 19.4. The van der Waals surface area contributed by atoms with Gasteiger partial charge >= 0.3 is 0 Å². The Morgan fingerprint density at radius 3 is 2.71 bits per heavy atom. The first-order valence-corrected chi connectivity index (χ1v) is 9.45. The first kappa shape index (κ1) is 16.7. The molecule has 5 rings (SSSR count). The molecular weight excluding hydrogens is 352 g/mol. The van der Waals surface area contributed by atoms with E-state index in [-0.39, 0.29) is 11.5 Å². The van der Waals surface area contributed by atoms with E-state index in [0.29, 0.717) is 12.2 Å². The largest absolute Gasteiger partial charge is 0.310 e. The summed E-state index contributed by atoms with van der Waals surface area (Å²) >= 11 is 0. The molecule has 2 aromatic carbocycles. The van der Waals surface area contributed by atoms with E-state index >= 15 is 0 Å². The van der Waals surface area contributed by atoms with Gasteiger partial charge in [0.2, 0.25) is 0 Å². The van der Waals surface area contributed by atoms with Gasteiger partial charge in [0.05, 0.1) is 5.52 Å². The van der Waals surface area contributed by atoms with Gasteiger partial charge in [-0.2, -0.15) is 4.98 Å². The van der Waals surface area contributed by atoms with Crippen LogP contribution in [0.5, 0.6) is 0 Å². The van der Waals surface area contributed by atoms with Crippen LogP contribution in [0, 0.1) is 6.92 Å². The van der Waals surface area contributed by atoms with E-state index in [1.54, 1.807) is 0 Å². The summed E-state index contributed by atoms with van der Waals surface area (Å²) in [5.41, 5.74) is 4.15. The Labute approximate surface area is 161 Å². The summed E-state index contributed by atoms with van der Waals surface area (Å²) in [4.78, 5) is 31.6. The van der Waals surface area contributed by atoms with Crippen LogP contribution in [0.2, 0.25) is 0 Å². The number of hydrogen-bond donors (Lipinski definition) is 0. The van der Waals surface area contributed by atoms with Crippen molar-refractivity contribution in [2.24, 2.45) is 0 Å². The summed E-state index contributed by atoms with van der Waals surface area (Å²) in [6.45, 7) is 4.47. The van der Waals surface area contributed by atoms with Crippen molar-refractivity contribution in [2.75, 3.05) is 11.4 Å². The molecule has 0 N–H and O–H groups in total. The minimum atomic E-state index is -0.448. The SMILES string of the molecule is Cc1cc(=O)nc2c3ccccc3n(C(C)C(=O)N3CCc4ccccc43)n12. The van der Waals surface area contributed by atoms with Gasteiger partial charge in [0.1, 0.15) is 6.04 Å². The molecule has 0 aliphatic carbocycles. The number of carbonyl (C=O) groups is 1. The van der Waals surface area contributed by atoms with Gasteiger partial charge in [0, 0.05) is 29.4 Å². The lowest BCUT2D eigenvalue weighted by Crippen LogP contribution is -2.36. The van der Waals surface area contributed by atoms with Gasteiger partial charge < -0.3 is 4.90 Å². The zero-order valence-electron chi connectivity index (χ0n) is 15.8. The van der Waals surface area contributed by atoms with Crippen LogP contribution in [-0.4, -0.2) is 26.6 Å². The highest BCUT2D eigenvalue weighted by atomic mass is 16.2. The minimum Gasteiger partial charge on any atom is -0.310 e. The second kappa shape index (κ2) is 6.05. The normalized spacial score (nSPS) is 14.6. The molecule has 1 unspecified atom stereocenters. The molecular formula is C22H20N4O2. The van der Waals surface area contributed by atoms with Crippen molar-refractivity contribution in [3.8, 4) is 0 Å². The molecule has 28 heavy (non-hydrogen) atoms. The smallest absolute Gasteiger partial charge is 0.273 e. The van der Waals surface area contributed by atoms with Gasteiger partial charge in [0.25, 0.3) is 11.5 Å². The van der Waals surface area contributed by atoms with Crippen molar-refractivity contribution in [1.29, 1.82) is 0 Å². The van der Waals surface area contributed by atoms with Crippen LogP contribution in [0.25, 0.3) is 16.6 Å². The number of para-hydroxylation sites is 2. The van der Waals surface area contributed by atoms with Crippen LogP contribution in [0.4, 0.5) is 5.69 Å². The molecule has 1 atom stereocenters. The molecule has 6 nitrogen and oxygen atoms in total. The average molecular weight is 372 g/mol. The molecule has 1 aliphatic rings. The predicted octanol–water partition coefficient (Wildman–Crippen LogP) is 3.11. The first-order chi connectivity index (χ1) is 13.6. The Kier molecular flexibility index (Phi) is 3.62. The molecule has 140 valence electrons. The highest BCUT2D eigenvalue weighted by Gasteiger charge is 2.30. The number of carbonyl (C=O) groups excluding carboxylic acids is 1. The Morgan fingerprint density at radius 1 is 1.11 bits per heavy atom. The van der Waals surface area contributed by atoms with Crippen molar-refractivity contribution >= 4 is 28.1 Å². The standard InChI is InChI=1S/C22H20N4O2/c1-14-13-20(27)23-21-17-8-4-6-10-19(17)26(25(14)21)15(2)22(28)24-12-11-16-7-3-5-9-18(16)24/h3-10,13,15H,11-12H2,1-2H3. The lowest BCUT2D eigenvalue weighted by Gasteiger charge is -2.24. The highest BCUT2D eigenvalue weighted by molar-refractivity contribution is 6.00. The summed E-state index contributed by atoms with van der Waals surface area (Å²) in [6.07, 6.45) is 0.870. The third-order valence-corrected chi connectivity index (χ3v) is 5.57. The maximum absolute atomic E-state index is 13.5. The van der Waals surface area contributed by atoms with Gasteiger partial charge in [-0.1, -0.05) is 30.3 Å². The molecule has 2 aromatic heterocycles. The van der Waals surface area contributed by atoms with Crippen LogP contribution in [0.3, 0.4) is 0 Å². The fourth-order valence-electron chi connectivity index (χ4n) is 4.29. The van der Waals surface area contributed by atoms with Gasteiger partial charge in [-0.05, 0) is 44.0 Å². The number of fused-ring (bicyclic) bond motifs is 4. The Hall–Kier alpha value is -3.41. The fraction of sp³-hybridized carbons (Fsp3) is 0.227. The Balaban J connectivity index is 1.70. The quantitative estimate of drug-likeness (QED) is 0.543. The third-order valence-electron chi connectivity index (χ3n) is 5.57. The van der Waals surface area contributed by atoms with E-state index in [1.165, 1.54) is 11.6 Å². The van der Waals surface area contributed by atoms with Crippen molar-refractivity contribution in [3.63, 3.8) is 0 Å². The van der Waals surface area contributed by atoms with Gasteiger partial charge in [-0.15, -0.1) is 0 Å². The molecule has 3 heterocycles. The lowest BCUT2D eigenvalue weighted by molar-refractivity contribution is -0.121. The number of aryl methyl sites for hydroxylation is 1. The second-order valence-electron chi connectivity index (χ2n) is 7.28. The lowest BCUT2D eigenvalue weighted by atomic mass is 10.2. The monoisotopic (exact) mass is 372 g/mol. The Morgan fingerprint density at radius 2 is 1.86 bits per heavy atom. The highest BCUT2D eigenvalue weighted by Crippen LogP contribution is 2.31. The summed E-state index contributed by atoms with van der Waals surface area (Å²) in [5, 5.41) is 0.866. The number of anilines is 1. The number of rotatable bonds is 2. The topological polar surface area (TPSA) is 59.6 Å². The van der Waals surface area contributed by atoms with Gasteiger partial charge in [-0.25, -0.2) is 4.52 Å². The Bertz CT molecular complexity index is 1300. The van der Waals surface area contributed by atoms with Crippen LogP contribution in [0.15, 0.2) is 59.4 Å². The molecule has 0 radical (unpaired) electrons. The van der Waals surface area contributed by atoms with Crippen LogP contribution in [0.1, 0.15) is 24.2 Å². The van der Waals surface area contributed by atoms with Crippen LogP contribution < -0.4 is 10.5 Å². The predicted molar refractivity (Wildman–Crippen MR) is 109 cm³/mol. The zero-order valence-corrected chi connectivity index (χ0v) is 15.8. The van der Waals surface area contributed by atoms with E-state index < -0.39 is 6.04 Å². The number of aromatic nitrogens is 3. The number of benzene rings is 2. The summed E-state index contributed by atoms with van der Waals surface area (Å²) < 4.78 is 3.84. The van der Waals surface area contributed by atoms with Crippen molar-refractivity contribution in [3.05, 3.63) is 76.2 Å². The maximum Gasteiger partial charge on any atom is 0.273 e. The van der Waals surface area contributed by atoms with Gasteiger partial charge in [-0.3, -0.25) is 14.3 Å². The molecule has 0 spiro atoms. The molecule has 4 aromatic rings. The van der Waals surface area contributed by atoms with Crippen molar-refractivity contribution < 1.29 is 4.79 Å². The summed E-state index contributed by atoms with van der Waals surface area (Å²) in [6, 6.07) is 16.9. The van der Waals surface area contributed by atoms with Crippen LogP contribution in [-0.2, 0) is 11.2 Å². The molecule has 6 heteroatoms. The van der Waals surface area contributed by atoms with E-state index in [9.17, 15) is 9.59 Å². The number of nitrogens with zero attached hydrogens (tertiary/aromatic N) is 4. The number of hydrogen-bond acceptors (Lipinski definition) is 3. The van der Waals surface area contributed by atoms with Gasteiger partial charge in [0.15, 0.2) is 5.65 Å². The summed E-state index contributed by atoms with van der Waals surface area (Å²) in [7, 11) is 0. The molecule has 0 saturated heterocycles. The van der Waals surface area contributed by atoms with Crippen molar-refractivity contribution in [1.82, 2.24) is 14.2 Å². The fourth-order valence-corrected chi connectivity index (χ4v) is 4.29. The minimum absolute atomic E-state index is 0.0331. The average Bonchev–Trinajstić information content (AvgIpc) is 3.26. The molecule has 0 bridgehead atoms. The molecule has 0 fully saturated rings. The summed E-state index contributed by atoms with van der Waals surface area (Å²) in [5.74, 6) is 0.0331. The van der Waals surface area contributed by atoms with E-state index in [4.69, 9.17) is 0 Å². The molecule has 1 aliphatic heterocycles. The van der Waals surface area contributed by atoms with E-state index in [0.717, 1.165) is 28.7 Å². The van der Waals surface area contributed by atoms with E-state index in [1.807, 2.05) is 70.4 Å².